The summed E-state index contributed by atoms with van der Waals surface area (Å²) in [6.45, 7) is 7.86. The van der Waals surface area contributed by atoms with Crippen LogP contribution in [-0.2, 0) is 4.79 Å². The molecule has 0 aromatic rings. The summed E-state index contributed by atoms with van der Waals surface area (Å²) in [5.74, 6) is 0.0313. The lowest BCUT2D eigenvalue weighted by molar-refractivity contribution is -0.140. The van der Waals surface area contributed by atoms with E-state index >= 15 is 0 Å². The normalized spacial score (nSPS) is 13.9. The molecular weight excluding hydrogens is 181 g/mol. The summed E-state index contributed by atoms with van der Waals surface area (Å²) in [7, 11) is 1.77. The third-order valence-corrected chi connectivity index (χ3v) is 2.28. The van der Waals surface area contributed by atoms with E-state index in [1.807, 2.05) is 6.92 Å². The maximum Gasteiger partial charge on any atom is 0.228 e. The topological polar surface area (TPSA) is 20.3 Å². The average Bonchev–Trinajstić information content (AvgIpc) is 2.01. The first-order valence-electron chi connectivity index (χ1n) is 5.21. The second-order valence-corrected chi connectivity index (χ2v) is 4.60. The Morgan fingerprint density at radius 3 is 2.36 bits per heavy atom. The number of alkyl halides is 1. The van der Waals surface area contributed by atoms with Crippen LogP contribution in [0.2, 0.25) is 0 Å². The van der Waals surface area contributed by atoms with Gasteiger partial charge in [-0.3, -0.25) is 4.79 Å². The van der Waals surface area contributed by atoms with Gasteiger partial charge in [-0.1, -0.05) is 20.8 Å². The monoisotopic (exact) mass is 203 g/mol. The first-order valence-corrected chi connectivity index (χ1v) is 5.21. The molecule has 84 valence electrons. The fraction of sp³-hybridized carbons (Fsp3) is 0.909. The minimum Gasteiger partial charge on any atom is -0.345 e. The second-order valence-electron chi connectivity index (χ2n) is 4.60. The predicted molar refractivity (Wildman–Crippen MR) is 56.9 cm³/mol. The third-order valence-electron chi connectivity index (χ3n) is 2.28. The van der Waals surface area contributed by atoms with Gasteiger partial charge >= 0.3 is 0 Å². The molecule has 0 aromatic heterocycles. The van der Waals surface area contributed by atoms with E-state index in [1.54, 1.807) is 25.8 Å². The van der Waals surface area contributed by atoms with E-state index < -0.39 is 11.6 Å². The van der Waals surface area contributed by atoms with Crippen LogP contribution in [0.1, 0.15) is 40.5 Å². The van der Waals surface area contributed by atoms with Crippen molar-refractivity contribution >= 4 is 5.91 Å². The van der Waals surface area contributed by atoms with Crippen molar-refractivity contribution in [3.63, 3.8) is 0 Å². The van der Waals surface area contributed by atoms with Gasteiger partial charge < -0.3 is 4.90 Å². The number of nitrogens with zero attached hydrogens (tertiary/aromatic N) is 1. The van der Waals surface area contributed by atoms with E-state index in [4.69, 9.17) is 0 Å². The molecule has 0 rings (SSSR count). The summed E-state index contributed by atoms with van der Waals surface area (Å²) in [6.07, 6.45) is 0.299. The Balaban J connectivity index is 4.33. The molecule has 1 unspecified atom stereocenters. The summed E-state index contributed by atoms with van der Waals surface area (Å²) >= 11 is 0. The molecule has 0 saturated carbocycles. The highest BCUT2D eigenvalue weighted by Crippen LogP contribution is 2.26. The molecule has 0 N–H and O–H groups in total. The number of hydrogen-bond acceptors (Lipinski definition) is 1. The summed E-state index contributed by atoms with van der Waals surface area (Å²) in [5, 5.41) is 0. The molecule has 0 radical (unpaired) electrons. The van der Waals surface area contributed by atoms with Crippen molar-refractivity contribution in [2.75, 3.05) is 13.6 Å². The van der Waals surface area contributed by atoms with Crippen LogP contribution < -0.4 is 0 Å². The highest BCUT2D eigenvalue weighted by atomic mass is 19.1. The van der Waals surface area contributed by atoms with E-state index in [-0.39, 0.29) is 5.91 Å². The molecule has 0 spiro atoms. The van der Waals surface area contributed by atoms with Gasteiger partial charge in [-0.15, -0.1) is 0 Å². The fourth-order valence-electron chi connectivity index (χ4n) is 1.74. The van der Waals surface area contributed by atoms with Gasteiger partial charge in [0.15, 0.2) is 0 Å². The van der Waals surface area contributed by atoms with Gasteiger partial charge in [0.2, 0.25) is 5.91 Å². The molecule has 0 fully saturated rings. The van der Waals surface area contributed by atoms with Crippen LogP contribution in [0.5, 0.6) is 0 Å². The molecule has 0 aliphatic heterocycles. The number of rotatable bonds is 5. The SMILES string of the molecule is CCCN(C)C(=O)C(C)(C)CC(C)F. The van der Waals surface area contributed by atoms with Crippen LogP contribution in [-0.4, -0.2) is 30.6 Å². The van der Waals surface area contributed by atoms with Crippen molar-refractivity contribution in [1.82, 2.24) is 4.90 Å². The predicted octanol–water partition coefficient (Wildman–Crippen LogP) is 2.63. The van der Waals surface area contributed by atoms with Crippen LogP contribution >= 0.6 is 0 Å². The zero-order chi connectivity index (χ0) is 11.4. The number of amides is 1. The lowest BCUT2D eigenvalue weighted by Gasteiger charge is -2.29. The van der Waals surface area contributed by atoms with Gasteiger partial charge in [0.05, 0.1) is 6.17 Å². The quantitative estimate of drug-likeness (QED) is 0.672. The van der Waals surface area contributed by atoms with Gasteiger partial charge in [0.1, 0.15) is 0 Å². The van der Waals surface area contributed by atoms with Crippen LogP contribution in [0.15, 0.2) is 0 Å². The molecule has 1 atom stereocenters. The minimum atomic E-state index is -0.927. The minimum absolute atomic E-state index is 0.0313. The standard InChI is InChI=1S/C11H22FNO/c1-6-7-13(5)10(14)11(3,4)8-9(2)12/h9H,6-8H2,1-5H3. The number of carbonyl (C=O) groups excluding carboxylic acids is 1. The maximum absolute atomic E-state index is 12.8. The number of hydrogen-bond donors (Lipinski definition) is 0. The molecule has 14 heavy (non-hydrogen) atoms. The highest BCUT2D eigenvalue weighted by Gasteiger charge is 2.31. The molecule has 1 amide bonds. The van der Waals surface area contributed by atoms with Crippen LogP contribution in [0.4, 0.5) is 4.39 Å². The van der Waals surface area contributed by atoms with Crippen molar-refractivity contribution in [1.29, 1.82) is 0 Å². The molecule has 0 aromatic carbocycles. The van der Waals surface area contributed by atoms with Crippen LogP contribution in [0, 0.1) is 5.41 Å². The molecule has 0 aliphatic rings. The molecule has 0 heterocycles. The van der Waals surface area contributed by atoms with Gasteiger partial charge in [-0.25, -0.2) is 4.39 Å². The van der Waals surface area contributed by atoms with Gasteiger partial charge in [-0.2, -0.15) is 0 Å². The largest absolute Gasteiger partial charge is 0.345 e. The Bertz CT molecular complexity index is 190. The van der Waals surface area contributed by atoms with Crippen molar-refractivity contribution in [2.45, 2.75) is 46.7 Å². The summed E-state index contributed by atoms with van der Waals surface area (Å²) in [5.41, 5.74) is -0.585. The third kappa shape index (κ3) is 4.07. The molecule has 0 aliphatic carbocycles. The number of halogens is 1. The summed E-state index contributed by atoms with van der Waals surface area (Å²) in [6, 6.07) is 0. The van der Waals surface area contributed by atoms with Gasteiger partial charge in [0, 0.05) is 19.0 Å². The Labute approximate surface area is 86.5 Å². The van der Waals surface area contributed by atoms with E-state index in [1.165, 1.54) is 6.92 Å². The van der Waals surface area contributed by atoms with Crippen LogP contribution in [0.25, 0.3) is 0 Å². The lowest BCUT2D eigenvalue weighted by atomic mass is 9.86. The molecular formula is C11H22FNO. The van der Waals surface area contributed by atoms with Crippen molar-refractivity contribution in [2.24, 2.45) is 5.41 Å². The second kappa shape index (κ2) is 5.32. The van der Waals surface area contributed by atoms with Gasteiger partial charge in [-0.05, 0) is 19.8 Å². The lowest BCUT2D eigenvalue weighted by Crippen LogP contribution is -2.40. The fourth-order valence-corrected chi connectivity index (χ4v) is 1.74. The smallest absolute Gasteiger partial charge is 0.228 e. The van der Waals surface area contributed by atoms with E-state index in [0.717, 1.165) is 13.0 Å². The first-order chi connectivity index (χ1) is 6.31. The number of carbonyl (C=O) groups is 1. The van der Waals surface area contributed by atoms with E-state index in [2.05, 4.69) is 0 Å². The average molecular weight is 203 g/mol. The summed E-state index contributed by atoms with van der Waals surface area (Å²) < 4.78 is 12.8. The van der Waals surface area contributed by atoms with Crippen molar-refractivity contribution in [3.05, 3.63) is 0 Å². The van der Waals surface area contributed by atoms with Gasteiger partial charge in [0.25, 0.3) is 0 Å². The van der Waals surface area contributed by atoms with E-state index in [0.29, 0.717) is 6.42 Å². The Morgan fingerprint density at radius 1 is 1.50 bits per heavy atom. The molecule has 2 nitrogen and oxygen atoms in total. The zero-order valence-corrected chi connectivity index (χ0v) is 9.93. The maximum atomic E-state index is 12.8. The van der Waals surface area contributed by atoms with Crippen LogP contribution in [0.3, 0.4) is 0 Å². The van der Waals surface area contributed by atoms with Crippen molar-refractivity contribution in [3.8, 4) is 0 Å². The van der Waals surface area contributed by atoms with E-state index in [9.17, 15) is 9.18 Å². The Kier molecular flexibility index (Phi) is 5.09. The molecule has 0 saturated heterocycles. The first kappa shape index (κ1) is 13.4. The molecule has 0 bridgehead atoms. The Hall–Kier alpha value is -0.600. The van der Waals surface area contributed by atoms with Crippen molar-refractivity contribution < 1.29 is 9.18 Å². The zero-order valence-electron chi connectivity index (χ0n) is 9.93. The Morgan fingerprint density at radius 2 is 2.00 bits per heavy atom. The summed E-state index contributed by atoms with van der Waals surface area (Å²) in [4.78, 5) is 13.5. The highest BCUT2D eigenvalue weighted by molar-refractivity contribution is 5.81. The molecule has 3 heteroatoms.